The molecule has 0 radical (unpaired) electrons. The van der Waals surface area contributed by atoms with Crippen molar-refractivity contribution in [2.75, 3.05) is 19.9 Å². The first kappa shape index (κ1) is 15.0. The van der Waals surface area contributed by atoms with E-state index in [0.29, 0.717) is 12.8 Å². The van der Waals surface area contributed by atoms with Crippen molar-refractivity contribution in [3.63, 3.8) is 0 Å². The van der Waals surface area contributed by atoms with Gasteiger partial charge in [0.1, 0.15) is 5.75 Å². The van der Waals surface area contributed by atoms with E-state index in [1.165, 1.54) is 19.3 Å². The van der Waals surface area contributed by atoms with Gasteiger partial charge in [-0.3, -0.25) is 0 Å². The summed E-state index contributed by atoms with van der Waals surface area (Å²) in [7, 11) is 0. The maximum atomic E-state index is 5.72. The molecule has 0 aliphatic carbocycles. The van der Waals surface area contributed by atoms with Crippen molar-refractivity contribution in [1.29, 1.82) is 0 Å². The lowest BCUT2D eigenvalue weighted by Crippen LogP contribution is -2.23. The Morgan fingerprint density at radius 1 is 1.10 bits per heavy atom. The van der Waals surface area contributed by atoms with Crippen molar-refractivity contribution in [1.82, 2.24) is 5.32 Å². The molecule has 0 fully saturated rings. The van der Waals surface area contributed by atoms with Crippen LogP contribution in [0.1, 0.15) is 39.5 Å². The number of fused-ring (bicyclic) bond motifs is 1. The van der Waals surface area contributed by atoms with Crippen LogP contribution >= 0.6 is 0 Å². The van der Waals surface area contributed by atoms with Gasteiger partial charge in [-0.2, -0.15) is 0 Å². The molecule has 0 bridgehead atoms. The van der Waals surface area contributed by atoms with Crippen LogP contribution in [0.2, 0.25) is 0 Å². The van der Waals surface area contributed by atoms with Gasteiger partial charge in [0, 0.05) is 12.1 Å². The SMILES string of the molecule is CC(C)NCCCCCCOc1ccc2c(c1)OCO2. The van der Waals surface area contributed by atoms with E-state index in [-0.39, 0.29) is 0 Å². The Bertz CT molecular complexity index is 407. The Labute approximate surface area is 121 Å². The highest BCUT2D eigenvalue weighted by atomic mass is 16.7. The second-order valence-corrected chi connectivity index (χ2v) is 5.39. The zero-order chi connectivity index (χ0) is 14.2. The molecule has 1 aliphatic heterocycles. The van der Waals surface area contributed by atoms with Gasteiger partial charge in [0.25, 0.3) is 0 Å². The van der Waals surface area contributed by atoms with E-state index in [4.69, 9.17) is 14.2 Å². The minimum Gasteiger partial charge on any atom is -0.493 e. The maximum absolute atomic E-state index is 5.72. The summed E-state index contributed by atoms with van der Waals surface area (Å²) in [6, 6.07) is 6.31. The fourth-order valence-corrected chi connectivity index (χ4v) is 2.13. The molecule has 0 unspecified atom stereocenters. The predicted molar refractivity (Wildman–Crippen MR) is 79.7 cm³/mol. The lowest BCUT2D eigenvalue weighted by atomic mass is 10.2. The molecular formula is C16H25NO3. The molecule has 1 heterocycles. The van der Waals surface area contributed by atoms with Crippen LogP contribution in [0.15, 0.2) is 18.2 Å². The molecule has 1 aliphatic rings. The smallest absolute Gasteiger partial charge is 0.231 e. The van der Waals surface area contributed by atoms with E-state index in [1.807, 2.05) is 18.2 Å². The Balaban J connectivity index is 1.53. The third-order valence-electron chi connectivity index (χ3n) is 3.24. The number of rotatable bonds is 9. The summed E-state index contributed by atoms with van der Waals surface area (Å²) >= 11 is 0. The van der Waals surface area contributed by atoms with Crippen LogP contribution in [0.3, 0.4) is 0 Å². The summed E-state index contributed by atoms with van der Waals surface area (Å²) in [5.74, 6) is 2.44. The third kappa shape index (κ3) is 4.93. The largest absolute Gasteiger partial charge is 0.493 e. The Morgan fingerprint density at radius 3 is 2.75 bits per heavy atom. The van der Waals surface area contributed by atoms with Crippen molar-refractivity contribution in [2.24, 2.45) is 0 Å². The Kier molecular flexibility index (Phi) is 5.99. The average Bonchev–Trinajstić information content (AvgIpc) is 2.89. The van der Waals surface area contributed by atoms with E-state index < -0.39 is 0 Å². The second-order valence-electron chi connectivity index (χ2n) is 5.39. The van der Waals surface area contributed by atoms with E-state index in [1.54, 1.807) is 0 Å². The topological polar surface area (TPSA) is 39.7 Å². The number of benzene rings is 1. The number of hydrogen-bond acceptors (Lipinski definition) is 4. The molecule has 0 atom stereocenters. The molecule has 112 valence electrons. The van der Waals surface area contributed by atoms with Gasteiger partial charge < -0.3 is 19.5 Å². The third-order valence-corrected chi connectivity index (χ3v) is 3.24. The van der Waals surface area contributed by atoms with Gasteiger partial charge in [0.2, 0.25) is 6.79 Å². The van der Waals surface area contributed by atoms with Crippen LogP contribution in [0.5, 0.6) is 17.2 Å². The molecule has 2 rings (SSSR count). The quantitative estimate of drug-likeness (QED) is 0.704. The lowest BCUT2D eigenvalue weighted by Gasteiger charge is -2.08. The molecule has 4 nitrogen and oxygen atoms in total. The van der Waals surface area contributed by atoms with Crippen LogP contribution in [-0.4, -0.2) is 26.0 Å². The van der Waals surface area contributed by atoms with Gasteiger partial charge in [-0.15, -0.1) is 0 Å². The van der Waals surface area contributed by atoms with Crippen LogP contribution < -0.4 is 19.5 Å². The van der Waals surface area contributed by atoms with Crippen LogP contribution in [-0.2, 0) is 0 Å². The summed E-state index contributed by atoms with van der Waals surface area (Å²) < 4.78 is 16.3. The molecule has 0 saturated carbocycles. The highest BCUT2D eigenvalue weighted by molar-refractivity contribution is 5.46. The Hall–Kier alpha value is -1.42. The van der Waals surface area contributed by atoms with Crippen molar-refractivity contribution in [3.8, 4) is 17.2 Å². The van der Waals surface area contributed by atoms with Crippen LogP contribution in [0.4, 0.5) is 0 Å². The zero-order valence-electron chi connectivity index (χ0n) is 12.5. The van der Waals surface area contributed by atoms with E-state index in [2.05, 4.69) is 19.2 Å². The van der Waals surface area contributed by atoms with E-state index in [0.717, 1.165) is 36.8 Å². The summed E-state index contributed by atoms with van der Waals surface area (Å²) in [4.78, 5) is 0. The fraction of sp³-hybridized carbons (Fsp3) is 0.625. The summed E-state index contributed by atoms with van der Waals surface area (Å²) in [6.07, 6.45) is 4.80. The molecule has 0 saturated heterocycles. The van der Waals surface area contributed by atoms with Gasteiger partial charge in [-0.05, 0) is 31.5 Å². The highest BCUT2D eigenvalue weighted by Crippen LogP contribution is 2.35. The number of unbranched alkanes of at least 4 members (excludes halogenated alkanes) is 3. The fourth-order valence-electron chi connectivity index (χ4n) is 2.13. The molecule has 1 N–H and O–H groups in total. The minimum atomic E-state index is 0.309. The van der Waals surface area contributed by atoms with Crippen molar-refractivity contribution in [3.05, 3.63) is 18.2 Å². The maximum Gasteiger partial charge on any atom is 0.231 e. The van der Waals surface area contributed by atoms with Gasteiger partial charge in [0.05, 0.1) is 6.61 Å². The normalized spacial score (nSPS) is 12.9. The first-order valence-electron chi connectivity index (χ1n) is 7.51. The predicted octanol–water partition coefficient (Wildman–Crippen LogP) is 3.35. The second kappa shape index (κ2) is 8.00. The van der Waals surface area contributed by atoms with Crippen molar-refractivity contribution in [2.45, 2.75) is 45.6 Å². The monoisotopic (exact) mass is 279 g/mol. The number of ether oxygens (including phenoxy) is 3. The van der Waals surface area contributed by atoms with Gasteiger partial charge >= 0.3 is 0 Å². The standard InChI is InChI=1S/C16H25NO3/c1-13(2)17-9-5-3-4-6-10-18-14-7-8-15-16(11-14)20-12-19-15/h7-8,11,13,17H,3-6,9-10,12H2,1-2H3. The summed E-state index contributed by atoms with van der Waals surface area (Å²) in [6.45, 7) is 6.54. The molecule has 0 amide bonds. The Morgan fingerprint density at radius 2 is 1.90 bits per heavy atom. The molecule has 0 spiro atoms. The highest BCUT2D eigenvalue weighted by Gasteiger charge is 2.13. The first-order valence-corrected chi connectivity index (χ1v) is 7.51. The van der Waals surface area contributed by atoms with Crippen LogP contribution in [0.25, 0.3) is 0 Å². The van der Waals surface area contributed by atoms with Crippen molar-refractivity contribution < 1.29 is 14.2 Å². The molecular weight excluding hydrogens is 254 g/mol. The average molecular weight is 279 g/mol. The summed E-state index contributed by atoms with van der Waals surface area (Å²) in [5.41, 5.74) is 0. The first-order chi connectivity index (χ1) is 9.75. The van der Waals surface area contributed by atoms with Gasteiger partial charge in [-0.1, -0.05) is 26.7 Å². The lowest BCUT2D eigenvalue weighted by molar-refractivity contribution is 0.173. The number of nitrogens with one attached hydrogen (secondary N) is 1. The van der Waals surface area contributed by atoms with Crippen LogP contribution in [0, 0.1) is 0 Å². The van der Waals surface area contributed by atoms with E-state index in [9.17, 15) is 0 Å². The van der Waals surface area contributed by atoms with Gasteiger partial charge in [0.15, 0.2) is 11.5 Å². The molecule has 4 heteroatoms. The summed E-state index contributed by atoms with van der Waals surface area (Å²) in [5, 5.41) is 3.43. The molecule has 20 heavy (non-hydrogen) atoms. The zero-order valence-corrected chi connectivity index (χ0v) is 12.5. The molecule has 1 aromatic rings. The van der Waals surface area contributed by atoms with E-state index >= 15 is 0 Å². The van der Waals surface area contributed by atoms with Gasteiger partial charge in [-0.25, -0.2) is 0 Å². The molecule has 0 aromatic heterocycles. The van der Waals surface area contributed by atoms with Crippen molar-refractivity contribution >= 4 is 0 Å². The molecule has 1 aromatic carbocycles. The number of hydrogen-bond donors (Lipinski definition) is 1. The minimum absolute atomic E-state index is 0.309.